The van der Waals surface area contributed by atoms with Crippen molar-refractivity contribution >= 4 is 10.9 Å². The molecule has 1 atom stereocenters. The Hall–Kier alpha value is -2.07. The van der Waals surface area contributed by atoms with Gasteiger partial charge in [-0.15, -0.1) is 0 Å². The number of H-pyrrole nitrogens is 1. The van der Waals surface area contributed by atoms with E-state index in [4.69, 9.17) is 0 Å². The summed E-state index contributed by atoms with van der Waals surface area (Å²) in [6.07, 6.45) is 1.94. The first kappa shape index (κ1) is 11.0. The molecule has 0 bridgehead atoms. The first-order valence-corrected chi connectivity index (χ1v) is 6.03. The summed E-state index contributed by atoms with van der Waals surface area (Å²) in [6.45, 7) is 0. The molecule has 2 heterocycles. The monoisotopic (exact) mass is 240 g/mol. The van der Waals surface area contributed by atoms with Crippen LogP contribution in [0.25, 0.3) is 10.9 Å². The zero-order valence-corrected chi connectivity index (χ0v) is 10.5. The number of rotatable bonds is 3. The van der Waals surface area contributed by atoms with Gasteiger partial charge >= 0.3 is 0 Å². The molecule has 0 saturated heterocycles. The van der Waals surface area contributed by atoms with Gasteiger partial charge in [-0.3, -0.25) is 4.68 Å². The molecule has 2 aromatic heterocycles. The summed E-state index contributed by atoms with van der Waals surface area (Å²) in [6, 6.07) is 12.5. The Balaban J connectivity index is 2.19. The summed E-state index contributed by atoms with van der Waals surface area (Å²) in [5, 5.41) is 9.16. The van der Waals surface area contributed by atoms with Crippen LogP contribution < -0.4 is 5.32 Å². The Labute approximate surface area is 106 Å². The van der Waals surface area contributed by atoms with Crippen molar-refractivity contribution in [3.63, 3.8) is 0 Å². The number of nitrogens with zero attached hydrogens (tertiary/aromatic N) is 2. The second-order valence-corrected chi connectivity index (χ2v) is 4.37. The molecule has 0 aliphatic carbocycles. The minimum atomic E-state index is 0.0890. The van der Waals surface area contributed by atoms with Crippen LogP contribution in [0.15, 0.2) is 42.6 Å². The predicted octanol–water partition coefficient (Wildman–Crippen LogP) is 2.21. The second kappa shape index (κ2) is 4.31. The molecule has 3 rings (SSSR count). The fraction of sp³-hybridized carbons (Fsp3) is 0.214. The highest BCUT2D eigenvalue weighted by molar-refractivity contribution is 5.82. The van der Waals surface area contributed by atoms with Crippen LogP contribution in [0.1, 0.15) is 17.4 Å². The average Bonchev–Trinajstić information content (AvgIpc) is 3.01. The number of aromatic nitrogens is 3. The van der Waals surface area contributed by atoms with Crippen LogP contribution in [0.5, 0.6) is 0 Å². The molecule has 0 aliphatic rings. The molecule has 0 spiro atoms. The summed E-state index contributed by atoms with van der Waals surface area (Å²) in [4.78, 5) is 3.25. The predicted molar refractivity (Wildman–Crippen MR) is 72.4 cm³/mol. The van der Waals surface area contributed by atoms with E-state index in [0.717, 1.165) is 16.9 Å². The SMILES string of the molecule is CNC(c1ccc[nH]1)c1nn(C)c2ccccc12. The molecule has 0 fully saturated rings. The minimum Gasteiger partial charge on any atom is -0.363 e. The highest BCUT2D eigenvalue weighted by Crippen LogP contribution is 2.26. The molecule has 0 aliphatic heterocycles. The third kappa shape index (κ3) is 1.62. The number of aryl methyl sites for hydroxylation is 1. The maximum atomic E-state index is 4.65. The van der Waals surface area contributed by atoms with Gasteiger partial charge in [0, 0.05) is 24.3 Å². The van der Waals surface area contributed by atoms with Crippen LogP contribution in [0.4, 0.5) is 0 Å². The van der Waals surface area contributed by atoms with Gasteiger partial charge in [0.2, 0.25) is 0 Å². The van der Waals surface area contributed by atoms with Gasteiger partial charge < -0.3 is 10.3 Å². The summed E-state index contributed by atoms with van der Waals surface area (Å²) >= 11 is 0. The Morgan fingerprint density at radius 3 is 2.78 bits per heavy atom. The number of nitrogens with one attached hydrogen (secondary N) is 2. The van der Waals surface area contributed by atoms with Crippen molar-refractivity contribution in [1.82, 2.24) is 20.1 Å². The largest absolute Gasteiger partial charge is 0.363 e. The molecule has 92 valence electrons. The van der Waals surface area contributed by atoms with Gasteiger partial charge in [-0.05, 0) is 25.2 Å². The Morgan fingerprint density at radius 2 is 2.06 bits per heavy atom. The summed E-state index contributed by atoms with van der Waals surface area (Å²) in [5.41, 5.74) is 3.33. The van der Waals surface area contributed by atoms with Crippen LogP contribution >= 0.6 is 0 Å². The van der Waals surface area contributed by atoms with Crippen molar-refractivity contribution in [3.05, 3.63) is 54.0 Å². The van der Waals surface area contributed by atoms with E-state index in [9.17, 15) is 0 Å². The highest BCUT2D eigenvalue weighted by Gasteiger charge is 2.19. The zero-order chi connectivity index (χ0) is 12.5. The first-order chi connectivity index (χ1) is 8.81. The topological polar surface area (TPSA) is 45.6 Å². The van der Waals surface area contributed by atoms with Crippen LogP contribution in [0.2, 0.25) is 0 Å². The number of hydrogen-bond donors (Lipinski definition) is 2. The fourth-order valence-corrected chi connectivity index (χ4v) is 2.42. The normalized spacial score (nSPS) is 13.0. The number of para-hydroxylation sites is 1. The van der Waals surface area contributed by atoms with Crippen molar-refractivity contribution in [1.29, 1.82) is 0 Å². The molecule has 0 amide bonds. The third-order valence-corrected chi connectivity index (χ3v) is 3.28. The Morgan fingerprint density at radius 1 is 1.22 bits per heavy atom. The molecule has 4 heteroatoms. The van der Waals surface area contributed by atoms with Gasteiger partial charge in [-0.2, -0.15) is 5.10 Å². The van der Waals surface area contributed by atoms with Crippen LogP contribution in [-0.4, -0.2) is 21.8 Å². The van der Waals surface area contributed by atoms with E-state index in [1.807, 2.05) is 37.1 Å². The van der Waals surface area contributed by atoms with Gasteiger partial charge in [0.25, 0.3) is 0 Å². The molecule has 0 saturated carbocycles. The van der Waals surface area contributed by atoms with E-state index < -0.39 is 0 Å². The van der Waals surface area contributed by atoms with Crippen molar-refractivity contribution in [2.45, 2.75) is 6.04 Å². The van der Waals surface area contributed by atoms with Crippen LogP contribution in [0, 0.1) is 0 Å². The van der Waals surface area contributed by atoms with Crippen LogP contribution in [0.3, 0.4) is 0 Å². The van der Waals surface area contributed by atoms with E-state index >= 15 is 0 Å². The molecule has 18 heavy (non-hydrogen) atoms. The summed E-state index contributed by atoms with van der Waals surface area (Å²) in [5.74, 6) is 0. The third-order valence-electron chi connectivity index (χ3n) is 3.28. The fourth-order valence-electron chi connectivity index (χ4n) is 2.42. The first-order valence-electron chi connectivity index (χ1n) is 6.03. The minimum absolute atomic E-state index is 0.0890. The van der Waals surface area contributed by atoms with E-state index in [2.05, 4.69) is 39.7 Å². The van der Waals surface area contributed by atoms with Gasteiger partial charge in [-0.25, -0.2) is 0 Å². The van der Waals surface area contributed by atoms with Crippen molar-refractivity contribution in [2.75, 3.05) is 7.05 Å². The van der Waals surface area contributed by atoms with Gasteiger partial charge in [0.15, 0.2) is 0 Å². The van der Waals surface area contributed by atoms with E-state index in [1.54, 1.807) is 0 Å². The van der Waals surface area contributed by atoms with Gasteiger partial charge in [-0.1, -0.05) is 18.2 Å². The lowest BCUT2D eigenvalue weighted by Crippen LogP contribution is -2.19. The molecule has 0 radical (unpaired) electrons. The smallest absolute Gasteiger partial charge is 0.0932 e. The highest BCUT2D eigenvalue weighted by atomic mass is 15.3. The molecular formula is C14H16N4. The molecule has 4 nitrogen and oxygen atoms in total. The van der Waals surface area contributed by atoms with Crippen molar-refractivity contribution < 1.29 is 0 Å². The van der Waals surface area contributed by atoms with E-state index in [1.165, 1.54) is 5.39 Å². The molecule has 3 aromatic rings. The maximum Gasteiger partial charge on any atom is 0.0932 e. The van der Waals surface area contributed by atoms with E-state index in [0.29, 0.717) is 0 Å². The Bertz CT molecular complexity index is 652. The van der Waals surface area contributed by atoms with Crippen LogP contribution in [-0.2, 0) is 7.05 Å². The number of benzene rings is 1. The van der Waals surface area contributed by atoms with E-state index in [-0.39, 0.29) is 6.04 Å². The number of aromatic amines is 1. The van der Waals surface area contributed by atoms with Gasteiger partial charge in [0.1, 0.15) is 0 Å². The summed E-state index contributed by atoms with van der Waals surface area (Å²) < 4.78 is 1.93. The second-order valence-electron chi connectivity index (χ2n) is 4.37. The average molecular weight is 240 g/mol. The Kier molecular flexibility index (Phi) is 2.64. The number of fused-ring (bicyclic) bond motifs is 1. The standard InChI is InChI=1S/C14H16N4/c1-15-14(11-7-5-9-16-11)13-10-6-3-4-8-12(10)18(2)17-13/h3-9,14-16H,1-2H3. The molecular weight excluding hydrogens is 224 g/mol. The lowest BCUT2D eigenvalue weighted by atomic mass is 10.1. The number of hydrogen-bond acceptors (Lipinski definition) is 2. The quantitative estimate of drug-likeness (QED) is 0.737. The maximum absolute atomic E-state index is 4.65. The van der Waals surface area contributed by atoms with Crippen molar-refractivity contribution in [3.8, 4) is 0 Å². The van der Waals surface area contributed by atoms with Crippen molar-refractivity contribution in [2.24, 2.45) is 7.05 Å². The zero-order valence-electron chi connectivity index (χ0n) is 10.5. The summed E-state index contributed by atoms with van der Waals surface area (Å²) in [7, 11) is 3.93. The van der Waals surface area contributed by atoms with Gasteiger partial charge in [0.05, 0.1) is 17.3 Å². The molecule has 1 unspecified atom stereocenters. The lowest BCUT2D eigenvalue weighted by molar-refractivity contribution is 0.636. The lowest BCUT2D eigenvalue weighted by Gasteiger charge is -2.12. The molecule has 2 N–H and O–H groups in total. The molecule has 1 aromatic carbocycles.